The standard InChI is InChI=1S/C34H26O2/c35-33(27-17-9-3-10-18-27)31-23-29(21-25-13-5-1-6-14-25)30(22-26-15-7-2-8-16-26)24-32(31)34(36)28-19-11-4-12-20-28/h1-20,23-24H,21-22H2. The molecular formula is C34H26O2. The molecule has 2 heteroatoms. The Morgan fingerprint density at radius 1 is 0.417 bits per heavy atom. The lowest BCUT2D eigenvalue weighted by atomic mass is 9.86. The average molecular weight is 467 g/mol. The lowest BCUT2D eigenvalue weighted by Gasteiger charge is -2.17. The van der Waals surface area contributed by atoms with Crippen molar-refractivity contribution in [3.05, 3.63) is 178 Å². The van der Waals surface area contributed by atoms with Crippen LogP contribution in [0.2, 0.25) is 0 Å². The molecule has 0 aliphatic rings. The zero-order valence-electron chi connectivity index (χ0n) is 19.9. The molecule has 0 N–H and O–H groups in total. The highest BCUT2D eigenvalue weighted by Crippen LogP contribution is 2.27. The van der Waals surface area contributed by atoms with Crippen molar-refractivity contribution in [3.8, 4) is 0 Å². The fraction of sp³-hybridized carbons (Fsp3) is 0.0588. The van der Waals surface area contributed by atoms with Crippen LogP contribution >= 0.6 is 0 Å². The van der Waals surface area contributed by atoms with Crippen LogP contribution in [0.4, 0.5) is 0 Å². The first-order valence-corrected chi connectivity index (χ1v) is 12.1. The van der Waals surface area contributed by atoms with Gasteiger partial charge in [0.2, 0.25) is 0 Å². The van der Waals surface area contributed by atoms with E-state index in [2.05, 4.69) is 24.3 Å². The smallest absolute Gasteiger partial charge is 0.193 e. The molecule has 2 nitrogen and oxygen atoms in total. The molecule has 0 heterocycles. The lowest BCUT2D eigenvalue weighted by Crippen LogP contribution is -2.14. The maximum absolute atomic E-state index is 13.7. The third kappa shape index (κ3) is 5.24. The monoisotopic (exact) mass is 466 g/mol. The number of carbonyl (C=O) groups is 2. The molecule has 5 aromatic rings. The summed E-state index contributed by atoms with van der Waals surface area (Å²) in [6.45, 7) is 0. The quantitative estimate of drug-likeness (QED) is 0.224. The van der Waals surface area contributed by atoms with Crippen molar-refractivity contribution >= 4 is 11.6 Å². The Morgan fingerprint density at radius 2 is 0.722 bits per heavy atom. The summed E-state index contributed by atoms with van der Waals surface area (Å²) >= 11 is 0. The van der Waals surface area contributed by atoms with E-state index in [1.165, 1.54) is 0 Å². The van der Waals surface area contributed by atoms with Crippen LogP contribution < -0.4 is 0 Å². The molecule has 0 fully saturated rings. The van der Waals surface area contributed by atoms with Crippen molar-refractivity contribution in [3.63, 3.8) is 0 Å². The molecule has 0 atom stereocenters. The zero-order chi connectivity index (χ0) is 24.7. The van der Waals surface area contributed by atoms with Gasteiger partial charge in [-0.2, -0.15) is 0 Å². The second-order valence-corrected chi connectivity index (χ2v) is 8.88. The first-order chi connectivity index (χ1) is 17.7. The highest BCUT2D eigenvalue weighted by atomic mass is 16.1. The Labute approximate surface area is 211 Å². The van der Waals surface area contributed by atoms with Gasteiger partial charge in [0.15, 0.2) is 11.6 Å². The van der Waals surface area contributed by atoms with E-state index < -0.39 is 0 Å². The van der Waals surface area contributed by atoms with Gasteiger partial charge in [-0.1, -0.05) is 121 Å². The molecule has 0 bridgehead atoms. The van der Waals surface area contributed by atoms with Crippen LogP contribution in [0.3, 0.4) is 0 Å². The highest BCUT2D eigenvalue weighted by molar-refractivity contribution is 6.19. The van der Waals surface area contributed by atoms with Crippen LogP contribution in [0.5, 0.6) is 0 Å². The van der Waals surface area contributed by atoms with Crippen molar-refractivity contribution in [1.29, 1.82) is 0 Å². The minimum Gasteiger partial charge on any atom is -0.289 e. The van der Waals surface area contributed by atoms with Gasteiger partial charge in [0.25, 0.3) is 0 Å². The maximum Gasteiger partial charge on any atom is 0.193 e. The molecule has 0 saturated carbocycles. The van der Waals surface area contributed by atoms with Crippen molar-refractivity contribution < 1.29 is 9.59 Å². The molecular weight excluding hydrogens is 440 g/mol. The summed E-state index contributed by atoms with van der Waals surface area (Å²) in [6.07, 6.45) is 1.36. The summed E-state index contributed by atoms with van der Waals surface area (Å²) < 4.78 is 0. The molecule has 0 aliphatic carbocycles. The van der Waals surface area contributed by atoms with Gasteiger partial charge >= 0.3 is 0 Å². The number of hydrogen-bond donors (Lipinski definition) is 0. The Kier molecular flexibility index (Phi) is 6.95. The van der Waals surface area contributed by atoms with E-state index in [-0.39, 0.29) is 11.6 Å². The number of ketones is 2. The van der Waals surface area contributed by atoms with Crippen molar-refractivity contribution in [2.45, 2.75) is 12.8 Å². The van der Waals surface area contributed by atoms with Crippen LogP contribution in [-0.2, 0) is 12.8 Å². The van der Waals surface area contributed by atoms with Crippen LogP contribution in [0, 0.1) is 0 Å². The first kappa shape index (κ1) is 23.2. The lowest BCUT2D eigenvalue weighted by molar-refractivity contribution is 0.100. The number of benzene rings is 5. The Morgan fingerprint density at radius 3 is 1.06 bits per heavy atom. The van der Waals surface area contributed by atoms with E-state index in [1.54, 1.807) is 24.3 Å². The Balaban J connectivity index is 1.69. The van der Waals surface area contributed by atoms with Crippen molar-refractivity contribution in [1.82, 2.24) is 0 Å². The number of carbonyl (C=O) groups excluding carboxylic acids is 2. The van der Waals surface area contributed by atoms with Crippen molar-refractivity contribution in [2.75, 3.05) is 0 Å². The van der Waals surface area contributed by atoms with Gasteiger partial charge in [-0.15, -0.1) is 0 Å². The average Bonchev–Trinajstić information content (AvgIpc) is 2.95. The zero-order valence-corrected chi connectivity index (χ0v) is 19.9. The van der Waals surface area contributed by atoms with Crippen LogP contribution in [0.15, 0.2) is 133 Å². The molecule has 0 radical (unpaired) electrons. The predicted octanol–water partition coefficient (Wildman–Crippen LogP) is 7.33. The SMILES string of the molecule is O=C(c1ccccc1)c1cc(Cc2ccccc2)c(Cc2ccccc2)cc1C(=O)c1ccccc1. The van der Waals surface area contributed by atoms with Gasteiger partial charge in [-0.25, -0.2) is 0 Å². The topological polar surface area (TPSA) is 34.1 Å². The molecule has 0 saturated heterocycles. The fourth-order valence-electron chi connectivity index (χ4n) is 4.52. The van der Waals surface area contributed by atoms with E-state index >= 15 is 0 Å². The number of rotatable bonds is 8. The predicted molar refractivity (Wildman–Crippen MR) is 145 cm³/mol. The summed E-state index contributed by atoms with van der Waals surface area (Å²) in [6, 6.07) is 42.7. The second-order valence-electron chi connectivity index (χ2n) is 8.88. The van der Waals surface area contributed by atoms with Crippen molar-refractivity contribution in [2.24, 2.45) is 0 Å². The summed E-state index contributed by atoms with van der Waals surface area (Å²) in [4.78, 5) is 27.4. The van der Waals surface area contributed by atoms with Gasteiger partial charge in [0.1, 0.15) is 0 Å². The molecule has 0 amide bonds. The first-order valence-electron chi connectivity index (χ1n) is 12.1. The number of hydrogen-bond acceptors (Lipinski definition) is 2. The molecule has 0 unspecified atom stereocenters. The molecule has 0 aromatic heterocycles. The van der Waals surface area contributed by atoms with Gasteiger partial charge in [0.05, 0.1) is 0 Å². The van der Waals surface area contributed by atoms with E-state index in [1.807, 2.05) is 84.9 Å². The van der Waals surface area contributed by atoms with E-state index in [0.29, 0.717) is 35.1 Å². The molecule has 0 aliphatic heterocycles. The Hall–Kier alpha value is -4.56. The Bertz CT molecular complexity index is 1360. The van der Waals surface area contributed by atoms with Crippen LogP contribution in [0.25, 0.3) is 0 Å². The van der Waals surface area contributed by atoms with E-state index in [4.69, 9.17) is 0 Å². The molecule has 0 spiro atoms. The van der Waals surface area contributed by atoms with Crippen LogP contribution in [0.1, 0.15) is 54.1 Å². The third-order valence-corrected chi connectivity index (χ3v) is 6.38. The fourth-order valence-corrected chi connectivity index (χ4v) is 4.52. The normalized spacial score (nSPS) is 10.7. The summed E-state index contributed by atoms with van der Waals surface area (Å²) in [5.41, 5.74) is 6.44. The molecule has 174 valence electrons. The highest BCUT2D eigenvalue weighted by Gasteiger charge is 2.22. The second kappa shape index (κ2) is 10.8. The molecule has 36 heavy (non-hydrogen) atoms. The summed E-state index contributed by atoms with van der Waals surface area (Å²) in [5.74, 6) is -0.286. The maximum atomic E-state index is 13.7. The van der Waals surface area contributed by atoms with Crippen LogP contribution in [-0.4, -0.2) is 11.6 Å². The van der Waals surface area contributed by atoms with E-state index in [0.717, 1.165) is 22.3 Å². The largest absolute Gasteiger partial charge is 0.289 e. The van der Waals surface area contributed by atoms with Gasteiger partial charge < -0.3 is 0 Å². The molecule has 5 aromatic carbocycles. The summed E-state index contributed by atoms with van der Waals surface area (Å²) in [7, 11) is 0. The minimum atomic E-state index is -0.143. The van der Waals surface area contributed by atoms with Gasteiger partial charge in [-0.3, -0.25) is 9.59 Å². The minimum absolute atomic E-state index is 0.143. The summed E-state index contributed by atoms with van der Waals surface area (Å²) in [5, 5.41) is 0. The third-order valence-electron chi connectivity index (χ3n) is 6.38. The van der Waals surface area contributed by atoms with Gasteiger partial charge in [0, 0.05) is 22.3 Å². The molecule has 5 rings (SSSR count). The van der Waals surface area contributed by atoms with E-state index in [9.17, 15) is 9.59 Å². The van der Waals surface area contributed by atoms with Gasteiger partial charge in [-0.05, 0) is 47.2 Å².